The second-order valence-corrected chi connectivity index (χ2v) is 2.89. The molecule has 0 amide bonds. The quantitative estimate of drug-likeness (QED) is 0.698. The second kappa shape index (κ2) is 4.51. The topological polar surface area (TPSA) is 20.2 Å². The Morgan fingerprint density at radius 3 is 2.85 bits per heavy atom. The van der Waals surface area contributed by atoms with Gasteiger partial charge in [0.25, 0.3) is 0 Å². The number of phenolic OH excluding ortho intramolecular Hbond substituents is 1. The minimum absolute atomic E-state index is 0.325. The first kappa shape index (κ1) is 9.59. The molecule has 1 N–H and O–H groups in total. The van der Waals surface area contributed by atoms with Crippen LogP contribution < -0.4 is 0 Å². The highest BCUT2D eigenvalue weighted by molar-refractivity contribution is 5.57. The standard InChI is InChI=1S/C12H14O/c1-3-5-10-7-8-12(13)11(9-10)6-4-2/h3-4,6-9,13H,1,5H2,2H3/b6-4+. The van der Waals surface area contributed by atoms with Gasteiger partial charge in [-0.25, -0.2) is 0 Å². The average Bonchev–Trinajstić information content (AvgIpc) is 2.12. The van der Waals surface area contributed by atoms with Crippen molar-refractivity contribution in [2.75, 3.05) is 0 Å². The molecule has 0 bridgehead atoms. The molecule has 0 aliphatic carbocycles. The molecule has 0 radical (unpaired) electrons. The normalized spacial score (nSPS) is 10.5. The highest BCUT2D eigenvalue weighted by atomic mass is 16.3. The Bertz CT molecular complexity index is 324. The van der Waals surface area contributed by atoms with Crippen molar-refractivity contribution < 1.29 is 5.11 Å². The van der Waals surface area contributed by atoms with E-state index in [9.17, 15) is 5.11 Å². The Morgan fingerprint density at radius 1 is 1.46 bits per heavy atom. The maximum absolute atomic E-state index is 9.46. The Labute approximate surface area is 79.0 Å². The van der Waals surface area contributed by atoms with Gasteiger partial charge in [0, 0.05) is 5.56 Å². The van der Waals surface area contributed by atoms with E-state index < -0.39 is 0 Å². The van der Waals surface area contributed by atoms with Crippen molar-refractivity contribution in [1.29, 1.82) is 0 Å². The van der Waals surface area contributed by atoms with Crippen LogP contribution in [-0.4, -0.2) is 5.11 Å². The molecule has 0 spiro atoms. The van der Waals surface area contributed by atoms with Crippen LogP contribution in [0.1, 0.15) is 18.1 Å². The van der Waals surface area contributed by atoms with Crippen LogP contribution >= 0.6 is 0 Å². The van der Waals surface area contributed by atoms with E-state index in [1.807, 2.05) is 37.3 Å². The number of hydrogen-bond acceptors (Lipinski definition) is 1. The summed E-state index contributed by atoms with van der Waals surface area (Å²) in [4.78, 5) is 0. The summed E-state index contributed by atoms with van der Waals surface area (Å²) in [6, 6.07) is 5.59. The van der Waals surface area contributed by atoms with E-state index in [0.29, 0.717) is 5.75 Å². The second-order valence-electron chi connectivity index (χ2n) is 2.89. The minimum atomic E-state index is 0.325. The van der Waals surface area contributed by atoms with E-state index in [4.69, 9.17) is 0 Å². The van der Waals surface area contributed by atoms with Gasteiger partial charge in [0.05, 0.1) is 0 Å². The van der Waals surface area contributed by atoms with Crippen LogP contribution in [0.4, 0.5) is 0 Å². The van der Waals surface area contributed by atoms with Crippen LogP contribution in [-0.2, 0) is 6.42 Å². The Kier molecular flexibility index (Phi) is 3.32. The molecule has 1 rings (SSSR count). The number of phenols is 1. The van der Waals surface area contributed by atoms with Gasteiger partial charge in [0.2, 0.25) is 0 Å². The van der Waals surface area contributed by atoms with Gasteiger partial charge in [-0.2, -0.15) is 0 Å². The molecule has 13 heavy (non-hydrogen) atoms. The third kappa shape index (κ3) is 2.48. The van der Waals surface area contributed by atoms with Crippen LogP contribution in [0.2, 0.25) is 0 Å². The third-order valence-electron chi connectivity index (χ3n) is 1.82. The van der Waals surface area contributed by atoms with E-state index in [0.717, 1.165) is 12.0 Å². The number of aromatic hydroxyl groups is 1. The van der Waals surface area contributed by atoms with Crippen LogP contribution in [0.5, 0.6) is 5.75 Å². The number of allylic oxidation sites excluding steroid dienone is 2. The summed E-state index contributed by atoms with van der Waals surface area (Å²) < 4.78 is 0. The van der Waals surface area contributed by atoms with E-state index in [1.54, 1.807) is 6.07 Å². The fourth-order valence-corrected chi connectivity index (χ4v) is 1.21. The lowest BCUT2D eigenvalue weighted by Gasteiger charge is -2.01. The van der Waals surface area contributed by atoms with Crippen molar-refractivity contribution in [3.05, 3.63) is 48.1 Å². The zero-order valence-corrected chi connectivity index (χ0v) is 7.83. The number of rotatable bonds is 3. The van der Waals surface area contributed by atoms with Gasteiger partial charge in [0.1, 0.15) is 5.75 Å². The molecule has 0 aromatic heterocycles. The fraction of sp³-hybridized carbons (Fsp3) is 0.167. The molecule has 1 nitrogen and oxygen atoms in total. The predicted molar refractivity (Wildman–Crippen MR) is 56.7 cm³/mol. The zero-order valence-electron chi connectivity index (χ0n) is 7.83. The van der Waals surface area contributed by atoms with Crippen LogP contribution in [0.25, 0.3) is 6.08 Å². The van der Waals surface area contributed by atoms with Gasteiger partial charge in [0.15, 0.2) is 0 Å². The van der Waals surface area contributed by atoms with Crippen molar-refractivity contribution in [3.8, 4) is 5.75 Å². The molecule has 68 valence electrons. The van der Waals surface area contributed by atoms with Crippen molar-refractivity contribution in [2.45, 2.75) is 13.3 Å². The molecule has 1 heteroatoms. The summed E-state index contributed by atoms with van der Waals surface area (Å²) in [7, 11) is 0. The summed E-state index contributed by atoms with van der Waals surface area (Å²) in [6.07, 6.45) is 6.49. The van der Waals surface area contributed by atoms with Crippen LogP contribution in [0.15, 0.2) is 36.9 Å². The van der Waals surface area contributed by atoms with Gasteiger partial charge in [-0.15, -0.1) is 6.58 Å². The van der Waals surface area contributed by atoms with Crippen molar-refractivity contribution in [2.24, 2.45) is 0 Å². The number of benzene rings is 1. The summed E-state index contributed by atoms with van der Waals surface area (Å²) in [5, 5.41) is 9.46. The highest BCUT2D eigenvalue weighted by Crippen LogP contribution is 2.20. The first-order valence-corrected chi connectivity index (χ1v) is 4.33. The lowest BCUT2D eigenvalue weighted by Crippen LogP contribution is -1.82. The molecule has 0 atom stereocenters. The molecule has 0 heterocycles. The molecule has 1 aromatic carbocycles. The molecule has 0 saturated carbocycles. The van der Waals surface area contributed by atoms with Crippen LogP contribution in [0, 0.1) is 0 Å². The Balaban J connectivity index is 3.03. The largest absolute Gasteiger partial charge is 0.507 e. The van der Waals surface area contributed by atoms with E-state index >= 15 is 0 Å². The summed E-state index contributed by atoms with van der Waals surface area (Å²) in [6.45, 7) is 5.60. The fourth-order valence-electron chi connectivity index (χ4n) is 1.21. The summed E-state index contributed by atoms with van der Waals surface area (Å²) >= 11 is 0. The maximum atomic E-state index is 9.46. The molecule has 1 aromatic rings. The number of hydrogen-bond donors (Lipinski definition) is 1. The average molecular weight is 174 g/mol. The molecule has 0 fully saturated rings. The van der Waals surface area contributed by atoms with Crippen molar-refractivity contribution in [3.63, 3.8) is 0 Å². The SMILES string of the molecule is C=CCc1ccc(O)c(/C=C/C)c1. The third-order valence-corrected chi connectivity index (χ3v) is 1.82. The Hall–Kier alpha value is -1.50. The van der Waals surface area contributed by atoms with Gasteiger partial charge in [-0.3, -0.25) is 0 Å². The highest BCUT2D eigenvalue weighted by Gasteiger charge is 1.97. The maximum Gasteiger partial charge on any atom is 0.122 e. The smallest absolute Gasteiger partial charge is 0.122 e. The lowest BCUT2D eigenvalue weighted by atomic mass is 10.1. The van der Waals surface area contributed by atoms with Gasteiger partial charge in [-0.1, -0.05) is 24.3 Å². The molecule has 0 aliphatic rings. The van der Waals surface area contributed by atoms with Crippen molar-refractivity contribution >= 4 is 6.08 Å². The minimum Gasteiger partial charge on any atom is -0.507 e. The van der Waals surface area contributed by atoms with E-state index in [-0.39, 0.29) is 0 Å². The lowest BCUT2D eigenvalue weighted by molar-refractivity contribution is 0.474. The first-order valence-electron chi connectivity index (χ1n) is 4.33. The zero-order chi connectivity index (χ0) is 9.68. The molecular weight excluding hydrogens is 160 g/mol. The first-order chi connectivity index (χ1) is 6.27. The van der Waals surface area contributed by atoms with E-state index in [1.165, 1.54) is 5.56 Å². The van der Waals surface area contributed by atoms with Gasteiger partial charge < -0.3 is 5.11 Å². The van der Waals surface area contributed by atoms with E-state index in [2.05, 4.69) is 6.58 Å². The monoisotopic (exact) mass is 174 g/mol. The van der Waals surface area contributed by atoms with Crippen molar-refractivity contribution in [1.82, 2.24) is 0 Å². The molecule has 0 aliphatic heterocycles. The van der Waals surface area contributed by atoms with Crippen LogP contribution in [0.3, 0.4) is 0 Å². The molecule has 0 saturated heterocycles. The Morgan fingerprint density at radius 2 is 2.23 bits per heavy atom. The summed E-state index contributed by atoms with van der Waals surface area (Å²) in [5.74, 6) is 0.325. The van der Waals surface area contributed by atoms with Gasteiger partial charge in [-0.05, 0) is 31.0 Å². The predicted octanol–water partition coefficient (Wildman–Crippen LogP) is 3.15. The molecule has 0 unspecified atom stereocenters. The summed E-state index contributed by atoms with van der Waals surface area (Å²) in [5.41, 5.74) is 2.03. The van der Waals surface area contributed by atoms with Gasteiger partial charge >= 0.3 is 0 Å². The molecular formula is C12H14O.